The lowest BCUT2D eigenvalue weighted by molar-refractivity contribution is -0.0893. The zero-order valence-electron chi connectivity index (χ0n) is 29.4. The Bertz CT molecular complexity index is 2100. The summed E-state index contributed by atoms with van der Waals surface area (Å²) in [5.74, 6) is 0. The number of rotatable bonds is 10. The van der Waals surface area contributed by atoms with Gasteiger partial charge in [0, 0.05) is 23.5 Å². The Labute approximate surface area is 301 Å². The van der Waals surface area contributed by atoms with E-state index >= 15 is 0 Å². The molecule has 2 aromatic heterocycles. The van der Waals surface area contributed by atoms with Crippen LogP contribution < -0.4 is 5.46 Å². The second kappa shape index (κ2) is 14.3. The van der Waals surface area contributed by atoms with Crippen LogP contribution in [-0.2, 0) is 4.65 Å². The van der Waals surface area contributed by atoms with Gasteiger partial charge in [-0.3, -0.25) is 9.97 Å². The first-order valence-electron chi connectivity index (χ1n) is 17.3. The second-order valence-electron chi connectivity index (χ2n) is 13.8. The molecule has 249 valence electrons. The third-order valence-corrected chi connectivity index (χ3v) is 9.71. The average Bonchev–Trinajstić information content (AvgIpc) is 3.17. The highest BCUT2D eigenvalue weighted by Gasteiger charge is 2.35. The van der Waals surface area contributed by atoms with E-state index in [0.29, 0.717) is 0 Å². The molecule has 0 fully saturated rings. The summed E-state index contributed by atoms with van der Waals surface area (Å²) in [6.07, 6.45) is 3.64. The molecule has 0 saturated carbocycles. The summed E-state index contributed by atoms with van der Waals surface area (Å²) in [7, 11) is 1.78. The van der Waals surface area contributed by atoms with E-state index in [1.807, 2.05) is 62.6 Å². The van der Waals surface area contributed by atoms with Crippen LogP contribution in [0.4, 0.5) is 0 Å². The molecule has 0 aliphatic carbocycles. The minimum Gasteiger partial charge on any atom is -0.427 e. The summed E-state index contributed by atoms with van der Waals surface area (Å²) in [5, 5.41) is 10.8. The van der Waals surface area contributed by atoms with Crippen LogP contribution in [0, 0.1) is 0 Å². The van der Waals surface area contributed by atoms with E-state index in [-0.39, 0.29) is 0 Å². The molecule has 7 aromatic rings. The standard InChI is InChI=1S/C46H40BN2O2/c1-45(2,50)46(3,4)51-47-38-30-36(41-15-7-5-13-39(41)32-19-23-34(24-20-32)43-17-9-11-27-48-43)29-37(31-38)42-16-8-6-14-40(42)33-21-25-35(26-22-33)44-18-10-12-28-49-44/h5-31,50H,1-4H3. The first-order valence-corrected chi connectivity index (χ1v) is 17.3. The number of aromatic nitrogens is 2. The van der Waals surface area contributed by atoms with Crippen LogP contribution in [0.1, 0.15) is 27.7 Å². The maximum Gasteiger partial charge on any atom is 0.330 e. The molecule has 0 spiro atoms. The Morgan fingerprint density at radius 2 is 0.824 bits per heavy atom. The molecule has 4 nitrogen and oxygen atoms in total. The lowest BCUT2D eigenvalue weighted by Gasteiger charge is -2.37. The summed E-state index contributed by atoms with van der Waals surface area (Å²) in [4.78, 5) is 9.06. The Morgan fingerprint density at radius 1 is 0.451 bits per heavy atom. The molecule has 0 aliphatic rings. The fraction of sp³-hybridized carbons (Fsp3) is 0.130. The van der Waals surface area contributed by atoms with Gasteiger partial charge >= 0.3 is 7.48 Å². The first-order chi connectivity index (χ1) is 24.7. The van der Waals surface area contributed by atoms with E-state index in [1.54, 1.807) is 21.3 Å². The predicted molar refractivity (Wildman–Crippen MR) is 211 cm³/mol. The van der Waals surface area contributed by atoms with Gasteiger partial charge in [0.2, 0.25) is 0 Å². The van der Waals surface area contributed by atoms with Crippen molar-refractivity contribution in [3.05, 3.63) is 164 Å². The summed E-state index contributed by atoms with van der Waals surface area (Å²) in [5.41, 5.74) is 11.9. The zero-order chi connectivity index (χ0) is 35.4. The van der Waals surface area contributed by atoms with E-state index in [0.717, 1.165) is 72.5 Å². The van der Waals surface area contributed by atoms with Crippen molar-refractivity contribution < 1.29 is 9.76 Å². The van der Waals surface area contributed by atoms with Gasteiger partial charge in [-0.05, 0) is 103 Å². The quantitative estimate of drug-likeness (QED) is 0.148. The molecule has 0 amide bonds. The fourth-order valence-corrected chi connectivity index (χ4v) is 6.07. The Balaban J connectivity index is 1.31. The molecule has 1 N–H and O–H groups in total. The third kappa shape index (κ3) is 7.46. The van der Waals surface area contributed by atoms with Crippen molar-refractivity contribution >= 4 is 12.9 Å². The van der Waals surface area contributed by atoms with Gasteiger partial charge < -0.3 is 9.76 Å². The van der Waals surface area contributed by atoms with Crippen LogP contribution in [0.5, 0.6) is 0 Å². The zero-order valence-corrected chi connectivity index (χ0v) is 29.4. The Hall–Kier alpha value is -5.62. The molecule has 1 radical (unpaired) electrons. The molecule has 0 atom stereocenters. The van der Waals surface area contributed by atoms with Crippen molar-refractivity contribution in [2.45, 2.75) is 38.9 Å². The van der Waals surface area contributed by atoms with Gasteiger partial charge in [-0.2, -0.15) is 0 Å². The third-order valence-electron chi connectivity index (χ3n) is 9.71. The molecule has 5 heteroatoms. The van der Waals surface area contributed by atoms with Crippen molar-refractivity contribution in [1.82, 2.24) is 9.97 Å². The minimum atomic E-state index is -1.05. The van der Waals surface area contributed by atoms with Crippen LogP contribution in [0.25, 0.3) is 67.0 Å². The van der Waals surface area contributed by atoms with Gasteiger partial charge in [0.1, 0.15) is 0 Å². The highest BCUT2D eigenvalue weighted by molar-refractivity contribution is 6.47. The molecule has 0 bridgehead atoms. The molecule has 0 unspecified atom stereocenters. The number of aliphatic hydroxyl groups is 1. The minimum absolute atomic E-state index is 0.816. The van der Waals surface area contributed by atoms with Gasteiger partial charge in [0.15, 0.2) is 0 Å². The van der Waals surface area contributed by atoms with E-state index in [4.69, 9.17) is 4.65 Å². The highest BCUT2D eigenvalue weighted by atomic mass is 16.5. The van der Waals surface area contributed by atoms with E-state index < -0.39 is 11.2 Å². The molecule has 0 saturated heterocycles. The second-order valence-corrected chi connectivity index (χ2v) is 13.8. The maximum absolute atomic E-state index is 10.8. The number of hydrogen-bond acceptors (Lipinski definition) is 4. The van der Waals surface area contributed by atoms with Crippen LogP contribution >= 0.6 is 0 Å². The van der Waals surface area contributed by atoms with Gasteiger partial charge in [-0.1, -0.05) is 127 Å². The van der Waals surface area contributed by atoms with Crippen molar-refractivity contribution in [3.63, 3.8) is 0 Å². The van der Waals surface area contributed by atoms with Crippen LogP contribution in [0.3, 0.4) is 0 Å². The monoisotopic (exact) mass is 663 g/mol. The van der Waals surface area contributed by atoms with Crippen LogP contribution in [0.2, 0.25) is 0 Å². The van der Waals surface area contributed by atoms with Crippen LogP contribution in [0.15, 0.2) is 164 Å². The number of nitrogens with zero attached hydrogens (tertiary/aromatic N) is 2. The van der Waals surface area contributed by atoms with Gasteiger partial charge in [-0.25, -0.2) is 0 Å². The SMILES string of the molecule is CC(C)(O)C(C)(C)O[B]c1cc(-c2ccccc2-c2ccc(-c3ccccn3)cc2)cc(-c2ccccc2-c2ccc(-c3ccccn3)cc2)c1. The smallest absolute Gasteiger partial charge is 0.330 e. The molecule has 5 aromatic carbocycles. The van der Waals surface area contributed by atoms with Crippen molar-refractivity contribution in [2.24, 2.45) is 0 Å². The maximum atomic E-state index is 10.8. The van der Waals surface area contributed by atoms with E-state index in [1.165, 1.54) is 0 Å². The van der Waals surface area contributed by atoms with E-state index in [2.05, 4.69) is 125 Å². The Morgan fingerprint density at radius 3 is 1.20 bits per heavy atom. The summed E-state index contributed by atoms with van der Waals surface area (Å²) in [6.45, 7) is 7.35. The highest BCUT2D eigenvalue weighted by Crippen LogP contribution is 2.38. The fourth-order valence-electron chi connectivity index (χ4n) is 6.07. The molecular formula is C46H40BN2O2. The van der Waals surface area contributed by atoms with Gasteiger partial charge in [0.05, 0.1) is 22.6 Å². The van der Waals surface area contributed by atoms with Gasteiger partial charge in [0.25, 0.3) is 0 Å². The number of benzene rings is 5. The Kier molecular flexibility index (Phi) is 9.51. The summed E-state index contributed by atoms with van der Waals surface area (Å²) in [6, 6.07) is 52.7. The predicted octanol–water partition coefficient (Wildman–Crippen LogP) is 10.3. The average molecular weight is 664 g/mol. The molecule has 0 aliphatic heterocycles. The molecular weight excluding hydrogens is 623 g/mol. The molecule has 51 heavy (non-hydrogen) atoms. The van der Waals surface area contributed by atoms with Crippen molar-refractivity contribution in [2.75, 3.05) is 0 Å². The first kappa shape index (κ1) is 33.9. The number of hydrogen-bond donors (Lipinski definition) is 1. The normalized spacial score (nSPS) is 11.7. The summed E-state index contributed by atoms with van der Waals surface area (Å²) < 4.78 is 6.32. The van der Waals surface area contributed by atoms with Gasteiger partial charge in [-0.15, -0.1) is 0 Å². The largest absolute Gasteiger partial charge is 0.427 e. The van der Waals surface area contributed by atoms with E-state index in [9.17, 15) is 5.11 Å². The lowest BCUT2D eigenvalue weighted by atomic mass is 9.79. The molecule has 2 heterocycles. The number of pyridine rings is 2. The topological polar surface area (TPSA) is 55.2 Å². The summed E-state index contributed by atoms with van der Waals surface area (Å²) >= 11 is 0. The van der Waals surface area contributed by atoms with Crippen LogP contribution in [-0.4, -0.2) is 33.8 Å². The molecule has 7 rings (SSSR count). The lowest BCUT2D eigenvalue weighted by Crippen LogP contribution is -2.49. The van der Waals surface area contributed by atoms with Crippen molar-refractivity contribution in [3.8, 4) is 67.0 Å². The van der Waals surface area contributed by atoms with Crippen molar-refractivity contribution in [1.29, 1.82) is 0 Å².